The van der Waals surface area contributed by atoms with Gasteiger partial charge in [-0.2, -0.15) is 0 Å². The molecule has 1 unspecified atom stereocenters. The van der Waals surface area contributed by atoms with Gasteiger partial charge in [0.1, 0.15) is 5.75 Å². The molecule has 2 fully saturated rings. The Morgan fingerprint density at radius 1 is 1.15 bits per heavy atom. The molecule has 1 atom stereocenters. The van der Waals surface area contributed by atoms with Crippen molar-refractivity contribution >= 4 is 5.69 Å². The zero-order valence-corrected chi connectivity index (χ0v) is 15.3. The molecule has 0 aliphatic carbocycles. The van der Waals surface area contributed by atoms with E-state index in [0.717, 1.165) is 70.3 Å². The highest BCUT2D eigenvalue weighted by Crippen LogP contribution is 2.21. The smallest absolute Gasteiger partial charge is 0.165 e. The van der Waals surface area contributed by atoms with Crippen molar-refractivity contribution < 1.29 is 9.47 Å². The van der Waals surface area contributed by atoms with Crippen molar-refractivity contribution in [3.63, 3.8) is 0 Å². The Kier molecular flexibility index (Phi) is 5.31. The first-order valence-corrected chi connectivity index (χ1v) is 9.30. The van der Waals surface area contributed by atoms with Crippen LogP contribution in [0.25, 0.3) is 0 Å². The molecule has 0 N–H and O–H groups in total. The number of aromatic nitrogens is 4. The van der Waals surface area contributed by atoms with Gasteiger partial charge in [-0.25, -0.2) is 4.68 Å². The predicted molar refractivity (Wildman–Crippen MR) is 97.3 cm³/mol. The highest BCUT2D eigenvalue weighted by molar-refractivity contribution is 5.49. The van der Waals surface area contributed by atoms with E-state index >= 15 is 0 Å². The average Bonchev–Trinajstić information content (AvgIpc) is 3.35. The predicted octanol–water partition coefficient (Wildman–Crippen LogP) is 1.18. The van der Waals surface area contributed by atoms with Crippen LogP contribution < -0.4 is 9.64 Å². The Labute approximate surface area is 153 Å². The van der Waals surface area contributed by atoms with Gasteiger partial charge in [0.25, 0.3) is 0 Å². The number of benzene rings is 1. The summed E-state index contributed by atoms with van der Waals surface area (Å²) in [6.45, 7) is 6.40. The Morgan fingerprint density at radius 3 is 2.65 bits per heavy atom. The summed E-state index contributed by atoms with van der Waals surface area (Å²) in [5.74, 6) is 1.82. The van der Waals surface area contributed by atoms with Crippen LogP contribution >= 0.6 is 0 Å². The monoisotopic (exact) mass is 358 g/mol. The van der Waals surface area contributed by atoms with Gasteiger partial charge in [-0.15, -0.1) is 5.10 Å². The van der Waals surface area contributed by atoms with Gasteiger partial charge < -0.3 is 14.4 Å². The maximum absolute atomic E-state index is 5.71. The fraction of sp³-hybridized carbons (Fsp3) is 0.611. The molecule has 4 rings (SSSR count). The summed E-state index contributed by atoms with van der Waals surface area (Å²) in [6, 6.07) is 8.27. The molecular formula is C18H26N6O2. The van der Waals surface area contributed by atoms with E-state index in [2.05, 4.69) is 37.5 Å². The molecule has 1 aromatic carbocycles. The number of methoxy groups -OCH3 is 1. The molecule has 8 heteroatoms. The third-order valence-electron chi connectivity index (χ3n) is 5.18. The summed E-state index contributed by atoms with van der Waals surface area (Å²) in [5.41, 5.74) is 1.24. The lowest BCUT2D eigenvalue weighted by Crippen LogP contribution is -2.46. The first kappa shape index (κ1) is 17.2. The van der Waals surface area contributed by atoms with Crippen molar-refractivity contribution in [1.82, 2.24) is 25.1 Å². The van der Waals surface area contributed by atoms with Crippen LogP contribution in [0.15, 0.2) is 24.3 Å². The van der Waals surface area contributed by atoms with Gasteiger partial charge in [0.05, 0.1) is 26.3 Å². The number of tetrazole rings is 1. The minimum Gasteiger partial charge on any atom is -0.497 e. The van der Waals surface area contributed by atoms with Crippen LogP contribution in [0.3, 0.4) is 0 Å². The normalized spacial score (nSPS) is 21.3. The van der Waals surface area contributed by atoms with Gasteiger partial charge >= 0.3 is 0 Å². The average molecular weight is 358 g/mol. The van der Waals surface area contributed by atoms with Gasteiger partial charge in [0.2, 0.25) is 0 Å². The molecule has 0 bridgehead atoms. The van der Waals surface area contributed by atoms with Gasteiger partial charge in [-0.3, -0.25) is 4.90 Å². The molecule has 26 heavy (non-hydrogen) atoms. The van der Waals surface area contributed by atoms with E-state index in [1.807, 2.05) is 16.8 Å². The zero-order chi connectivity index (χ0) is 17.8. The van der Waals surface area contributed by atoms with Gasteiger partial charge in [-0.05, 0) is 47.5 Å². The largest absolute Gasteiger partial charge is 0.497 e. The topological polar surface area (TPSA) is 68.5 Å². The van der Waals surface area contributed by atoms with Crippen LogP contribution in [0.2, 0.25) is 0 Å². The lowest BCUT2D eigenvalue weighted by Gasteiger charge is -2.35. The minimum absolute atomic E-state index is 0.254. The molecule has 0 amide bonds. The second kappa shape index (κ2) is 8.01. The first-order valence-electron chi connectivity index (χ1n) is 9.30. The molecule has 0 radical (unpaired) electrons. The van der Waals surface area contributed by atoms with Crippen LogP contribution in [0.1, 0.15) is 18.7 Å². The highest BCUT2D eigenvalue weighted by atomic mass is 16.5. The fourth-order valence-corrected chi connectivity index (χ4v) is 3.62. The van der Waals surface area contributed by atoms with Crippen LogP contribution in [0, 0.1) is 0 Å². The molecule has 2 aliphatic rings. The van der Waals surface area contributed by atoms with Crippen LogP contribution in [-0.2, 0) is 17.8 Å². The SMILES string of the molecule is COc1ccc(N2CCN(Cc3nnnn3CC3CCCO3)CC2)cc1. The Hall–Kier alpha value is -2.19. The molecule has 0 saturated carbocycles. The minimum atomic E-state index is 0.254. The number of hydrogen-bond donors (Lipinski definition) is 0. The van der Waals surface area contributed by atoms with Crippen molar-refractivity contribution in [2.24, 2.45) is 0 Å². The van der Waals surface area contributed by atoms with Gasteiger partial charge in [0, 0.05) is 38.5 Å². The number of anilines is 1. The molecule has 140 valence electrons. The summed E-state index contributed by atoms with van der Waals surface area (Å²) in [7, 11) is 1.69. The summed E-state index contributed by atoms with van der Waals surface area (Å²) in [4.78, 5) is 4.82. The molecule has 1 aromatic heterocycles. The van der Waals surface area contributed by atoms with Gasteiger partial charge in [-0.1, -0.05) is 0 Å². The summed E-state index contributed by atoms with van der Waals surface area (Å²) in [6.07, 6.45) is 2.49. The first-order chi connectivity index (χ1) is 12.8. The molecule has 2 aliphatic heterocycles. The fourth-order valence-electron chi connectivity index (χ4n) is 3.62. The van der Waals surface area contributed by atoms with Crippen molar-refractivity contribution in [3.8, 4) is 5.75 Å². The zero-order valence-electron chi connectivity index (χ0n) is 15.3. The van der Waals surface area contributed by atoms with Crippen LogP contribution in [0.4, 0.5) is 5.69 Å². The Bertz CT molecular complexity index is 690. The number of hydrogen-bond acceptors (Lipinski definition) is 7. The summed E-state index contributed by atoms with van der Waals surface area (Å²) < 4.78 is 12.8. The third kappa shape index (κ3) is 3.96. The molecule has 8 nitrogen and oxygen atoms in total. The maximum Gasteiger partial charge on any atom is 0.165 e. The number of ether oxygens (including phenoxy) is 2. The molecule has 3 heterocycles. The lowest BCUT2D eigenvalue weighted by molar-refractivity contribution is 0.0916. The van der Waals surface area contributed by atoms with E-state index in [1.54, 1.807) is 7.11 Å². The Morgan fingerprint density at radius 2 is 1.96 bits per heavy atom. The Balaban J connectivity index is 1.30. The standard InChI is InChI=1S/C18H26N6O2/c1-25-16-6-4-15(5-7-16)23-10-8-22(9-11-23)14-18-19-20-21-24(18)13-17-3-2-12-26-17/h4-7,17H,2-3,8-14H2,1H3. The van der Waals surface area contributed by atoms with Crippen LogP contribution in [0.5, 0.6) is 5.75 Å². The molecular weight excluding hydrogens is 332 g/mol. The summed E-state index contributed by atoms with van der Waals surface area (Å²) >= 11 is 0. The second-order valence-electron chi connectivity index (χ2n) is 6.87. The molecule has 0 spiro atoms. The van der Waals surface area contributed by atoms with E-state index in [0.29, 0.717) is 0 Å². The van der Waals surface area contributed by atoms with E-state index in [-0.39, 0.29) is 6.10 Å². The lowest BCUT2D eigenvalue weighted by atomic mass is 10.2. The van der Waals surface area contributed by atoms with Crippen LogP contribution in [-0.4, -0.2) is 71.1 Å². The quantitative estimate of drug-likeness (QED) is 0.768. The van der Waals surface area contributed by atoms with E-state index in [9.17, 15) is 0 Å². The van der Waals surface area contributed by atoms with E-state index in [4.69, 9.17) is 9.47 Å². The number of piperazine rings is 1. The highest BCUT2D eigenvalue weighted by Gasteiger charge is 2.22. The van der Waals surface area contributed by atoms with Crippen molar-refractivity contribution in [1.29, 1.82) is 0 Å². The van der Waals surface area contributed by atoms with Crippen molar-refractivity contribution in [2.75, 3.05) is 44.8 Å². The van der Waals surface area contributed by atoms with E-state index in [1.165, 1.54) is 5.69 Å². The number of rotatable bonds is 6. The van der Waals surface area contributed by atoms with Gasteiger partial charge in [0.15, 0.2) is 5.82 Å². The van der Waals surface area contributed by atoms with Crippen molar-refractivity contribution in [2.45, 2.75) is 32.0 Å². The van der Waals surface area contributed by atoms with E-state index < -0.39 is 0 Å². The maximum atomic E-state index is 5.71. The molecule has 2 saturated heterocycles. The third-order valence-corrected chi connectivity index (χ3v) is 5.18. The molecule has 2 aromatic rings. The summed E-state index contributed by atoms with van der Waals surface area (Å²) in [5, 5.41) is 12.2. The second-order valence-corrected chi connectivity index (χ2v) is 6.87. The van der Waals surface area contributed by atoms with Crippen molar-refractivity contribution in [3.05, 3.63) is 30.1 Å². The number of nitrogens with zero attached hydrogens (tertiary/aromatic N) is 6.